The van der Waals surface area contributed by atoms with E-state index in [1.165, 1.54) is 35.0 Å². The van der Waals surface area contributed by atoms with Crippen LogP contribution in [0.5, 0.6) is 0 Å². The van der Waals surface area contributed by atoms with Gasteiger partial charge in [0, 0.05) is 23.7 Å². The Labute approximate surface area is 211 Å². The largest absolute Gasteiger partial charge is 0.416 e. The summed E-state index contributed by atoms with van der Waals surface area (Å²) in [6.07, 6.45) is -2.52. The quantitative estimate of drug-likeness (QED) is 0.228. The predicted molar refractivity (Wildman–Crippen MR) is 127 cm³/mol. The van der Waals surface area contributed by atoms with Crippen LogP contribution >= 0.6 is 11.8 Å². The minimum Gasteiger partial charge on any atom is -0.308 e. The zero-order valence-electron chi connectivity index (χ0n) is 19.4. The van der Waals surface area contributed by atoms with Crippen molar-refractivity contribution in [1.29, 1.82) is 0 Å². The number of halogens is 4. The van der Waals surface area contributed by atoms with Gasteiger partial charge in [-0.2, -0.15) is 13.2 Å². The second-order valence-corrected chi connectivity index (χ2v) is 9.33. The first-order valence-electron chi connectivity index (χ1n) is 10.9. The van der Waals surface area contributed by atoms with E-state index in [4.69, 9.17) is 0 Å². The third-order valence-corrected chi connectivity index (χ3v) is 6.48. The zero-order valence-corrected chi connectivity index (χ0v) is 20.3. The van der Waals surface area contributed by atoms with E-state index in [9.17, 15) is 22.4 Å². The Morgan fingerprint density at radius 3 is 2.62 bits per heavy atom. The minimum absolute atomic E-state index is 0.0210. The van der Waals surface area contributed by atoms with E-state index in [1.54, 1.807) is 4.68 Å². The minimum atomic E-state index is -4.58. The molecular formula is C23H18F4N8OS. The van der Waals surface area contributed by atoms with E-state index in [2.05, 4.69) is 25.5 Å². The van der Waals surface area contributed by atoms with Crippen LogP contribution in [0.2, 0.25) is 0 Å². The number of alkyl halides is 3. The van der Waals surface area contributed by atoms with Crippen LogP contribution < -0.4 is 0 Å². The van der Waals surface area contributed by atoms with Crippen LogP contribution in [0, 0.1) is 5.82 Å². The van der Waals surface area contributed by atoms with Gasteiger partial charge in [-0.05, 0) is 72.7 Å². The molecule has 0 saturated carbocycles. The van der Waals surface area contributed by atoms with Gasteiger partial charge in [-0.15, -0.1) is 5.10 Å². The first kappa shape index (κ1) is 24.8. The third-order valence-electron chi connectivity index (χ3n) is 5.54. The number of nitrogens with zero attached hydrogens (tertiary/aromatic N) is 8. The zero-order chi connectivity index (χ0) is 26.3. The van der Waals surface area contributed by atoms with Crippen molar-refractivity contribution in [2.75, 3.05) is 20.6 Å². The second kappa shape index (κ2) is 9.52. The van der Waals surface area contributed by atoms with E-state index < -0.39 is 17.6 Å². The van der Waals surface area contributed by atoms with E-state index in [-0.39, 0.29) is 27.4 Å². The van der Waals surface area contributed by atoms with Gasteiger partial charge in [0.15, 0.2) is 12.1 Å². The molecule has 37 heavy (non-hydrogen) atoms. The number of aldehydes is 1. The maximum Gasteiger partial charge on any atom is 0.416 e. The van der Waals surface area contributed by atoms with Crippen LogP contribution in [0.25, 0.3) is 27.8 Å². The highest BCUT2D eigenvalue weighted by Crippen LogP contribution is 2.35. The van der Waals surface area contributed by atoms with Crippen LogP contribution in [0.3, 0.4) is 0 Å². The maximum atomic E-state index is 14.2. The van der Waals surface area contributed by atoms with Crippen LogP contribution in [0.4, 0.5) is 17.6 Å². The fourth-order valence-corrected chi connectivity index (χ4v) is 4.58. The first-order valence-corrected chi connectivity index (χ1v) is 11.7. The number of benzene rings is 2. The molecule has 190 valence electrons. The highest BCUT2D eigenvalue weighted by atomic mass is 32.2. The van der Waals surface area contributed by atoms with Crippen LogP contribution in [0.1, 0.15) is 15.9 Å². The number of tetrazole rings is 1. The number of rotatable bonds is 7. The van der Waals surface area contributed by atoms with Crippen molar-refractivity contribution >= 4 is 40.0 Å². The maximum absolute atomic E-state index is 14.2. The molecule has 2 aromatic carbocycles. The Kier molecular flexibility index (Phi) is 6.37. The summed E-state index contributed by atoms with van der Waals surface area (Å²) < 4.78 is 57.3. The monoisotopic (exact) mass is 530 g/mol. The van der Waals surface area contributed by atoms with Crippen molar-refractivity contribution in [2.24, 2.45) is 0 Å². The SMILES string of the molecule is CN(C)CCn1nnnc1Sc1nc2ccc(C(F)(F)F)cc2nc1-n1cc(C=O)c2ccc(F)cc21. The number of aromatic nitrogens is 7. The molecule has 0 aliphatic carbocycles. The number of hydrogen-bond donors (Lipinski definition) is 0. The molecule has 3 heterocycles. The Morgan fingerprint density at radius 1 is 1.08 bits per heavy atom. The van der Waals surface area contributed by atoms with Gasteiger partial charge in [0.25, 0.3) is 0 Å². The molecule has 0 atom stereocenters. The van der Waals surface area contributed by atoms with Crippen molar-refractivity contribution in [3.8, 4) is 5.82 Å². The molecule has 14 heteroatoms. The summed E-state index contributed by atoms with van der Waals surface area (Å²) in [5.74, 6) is -0.457. The topological polar surface area (TPSA) is 94.6 Å². The molecule has 0 N–H and O–H groups in total. The fourth-order valence-electron chi connectivity index (χ4n) is 3.72. The number of hydrogen-bond acceptors (Lipinski definition) is 8. The Morgan fingerprint density at radius 2 is 1.89 bits per heavy atom. The molecule has 5 rings (SSSR count). The van der Waals surface area contributed by atoms with Crippen LogP contribution in [-0.4, -0.2) is 66.6 Å². The lowest BCUT2D eigenvalue weighted by atomic mass is 10.2. The second-order valence-electron chi connectivity index (χ2n) is 8.38. The lowest BCUT2D eigenvalue weighted by Crippen LogP contribution is -2.19. The van der Waals surface area contributed by atoms with Crippen molar-refractivity contribution < 1.29 is 22.4 Å². The number of likely N-dealkylation sites (N-methyl/N-ethyl adjacent to an activating group) is 1. The summed E-state index contributed by atoms with van der Waals surface area (Å²) in [4.78, 5) is 22.7. The molecule has 9 nitrogen and oxygen atoms in total. The van der Waals surface area contributed by atoms with Gasteiger partial charge >= 0.3 is 6.18 Å². The van der Waals surface area contributed by atoms with Gasteiger partial charge in [0.05, 0.1) is 28.7 Å². The lowest BCUT2D eigenvalue weighted by molar-refractivity contribution is -0.137. The number of carbonyl (C=O) groups excluding carboxylic acids is 1. The molecule has 0 aliphatic rings. The molecule has 0 amide bonds. The highest BCUT2D eigenvalue weighted by Gasteiger charge is 2.31. The summed E-state index contributed by atoms with van der Waals surface area (Å²) in [6.45, 7) is 1.12. The molecule has 0 spiro atoms. The Balaban J connectivity index is 1.72. The summed E-state index contributed by atoms with van der Waals surface area (Å²) in [5, 5.41) is 12.9. The van der Waals surface area contributed by atoms with Crippen molar-refractivity contribution in [2.45, 2.75) is 22.9 Å². The molecule has 0 saturated heterocycles. The molecule has 0 bridgehead atoms. The lowest BCUT2D eigenvalue weighted by Gasteiger charge is -2.13. The molecule has 0 unspecified atom stereocenters. The van der Waals surface area contributed by atoms with E-state index in [1.807, 2.05) is 19.0 Å². The third kappa shape index (κ3) is 4.89. The average Bonchev–Trinajstić information content (AvgIpc) is 3.45. The fraction of sp³-hybridized carbons (Fsp3) is 0.217. The first-order chi connectivity index (χ1) is 17.6. The normalized spacial score (nSPS) is 12.2. The molecular weight excluding hydrogens is 512 g/mol. The van der Waals surface area contributed by atoms with Gasteiger partial charge in [-0.3, -0.25) is 9.36 Å². The number of carbonyl (C=O) groups is 1. The van der Waals surface area contributed by atoms with Gasteiger partial charge in [0.2, 0.25) is 5.16 Å². The van der Waals surface area contributed by atoms with Crippen LogP contribution in [0.15, 0.2) is 52.8 Å². The van der Waals surface area contributed by atoms with Gasteiger partial charge in [0.1, 0.15) is 10.8 Å². The average molecular weight is 531 g/mol. The van der Waals surface area contributed by atoms with Crippen molar-refractivity contribution in [3.05, 3.63) is 59.5 Å². The highest BCUT2D eigenvalue weighted by molar-refractivity contribution is 7.99. The van der Waals surface area contributed by atoms with Crippen molar-refractivity contribution in [3.63, 3.8) is 0 Å². The molecule has 5 aromatic rings. The molecule has 0 radical (unpaired) electrons. The summed E-state index contributed by atoms with van der Waals surface area (Å²) in [6, 6.07) is 6.95. The standard InChI is InChI=1S/C23H18F4N8OS/c1-33(2)7-8-35-22(30-31-32-35)37-21-20(28-18-9-14(23(25,26)27)3-6-17(18)29-21)34-11-13(12-36)16-5-4-15(24)10-19(16)34/h3-6,9-12H,7-8H2,1-2H3. The summed E-state index contributed by atoms with van der Waals surface area (Å²) in [7, 11) is 3.81. The van der Waals surface area contributed by atoms with Crippen LogP contribution in [-0.2, 0) is 12.7 Å². The van der Waals surface area contributed by atoms with Gasteiger partial charge in [-0.25, -0.2) is 19.0 Å². The van der Waals surface area contributed by atoms with Crippen molar-refractivity contribution in [1.82, 2.24) is 39.6 Å². The molecule has 0 aliphatic heterocycles. The molecule has 0 fully saturated rings. The Hall–Kier alpha value is -3.91. The molecule has 3 aromatic heterocycles. The van der Waals surface area contributed by atoms with Gasteiger partial charge in [-0.1, -0.05) is 0 Å². The smallest absolute Gasteiger partial charge is 0.308 e. The predicted octanol–water partition coefficient (Wildman–Crippen LogP) is 4.24. The van der Waals surface area contributed by atoms with E-state index in [0.717, 1.165) is 23.9 Å². The van der Waals surface area contributed by atoms with Gasteiger partial charge < -0.3 is 4.90 Å². The Bertz CT molecular complexity index is 1630. The number of fused-ring (bicyclic) bond motifs is 2. The summed E-state index contributed by atoms with van der Waals surface area (Å²) >= 11 is 1.06. The van der Waals surface area contributed by atoms with E-state index >= 15 is 0 Å². The summed E-state index contributed by atoms with van der Waals surface area (Å²) in [5.41, 5.74) is -0.133. The van der Waals surface area contributed by atoms with E-state index in [0.29, 0.717) is 35.4 Å².